The van der Waals surface area contributed by atoms with E-state index in [1.165, 1.54) is 0 Å². The van der Waals surface area contributed by atoms with E-state index in [9.17, 15) is 5.11 Å². The maximum Gasteiger partial charge on any atom is 0.0992 e. The first-order valence-corrected chi connectivity index (χ1v) is 6.50. The number of hydrogen-bond donors (Lipinski definition) is 1. The minimum absolute atomic E-state index is 0.344. The highest BCUT2D eigenvalue weighted by molar-refractivity contribution is 5.59. The van der Waals surface area contributed by atoms with E-state index in [0.717, 1.165) is 24.2 Å². The number of nitriles is 1. The lowest BCUT2D eigenvalue weighted by atomic mass is 10.0. The molecule has 0 saturated heterocycles. The van der Waals surface area contributed by atoms with Crippen LogP contribution in [0.15, 0.2) is 18.2 Å². The van der Waals surface area contributed by atoms with Crippen molar-refractivity contribution in [3.63, 3.8) is 0 Å². The lowest BCUT2D eigenvalue weighted by molar-refractivity contribution is 0.199. The smallest absolute Gasteiger partial charge is 0.0992 e. The molecule has 0 radical (unpaired) electrons. The van der Waals surface area contributed by atoms with E-state index < -0.39 is 6.10 Å². The van der Waals surface area contributed by atoms with Gasteiger partial charge in [0.15, 0.2) is 0 Å². The molecule has 0 heterocycles. The summed E-state index contributed by atoms with van der Waals surface area (Å²) < 4.78 is 0. The Morgan fingerprint density at radius 2 is 2.00 bits per heavy atom. The summed E-state index contributed by atoms with van der Waals surface area (Å²) in [6.07, 6.45) is 0.514. The third-order valence-electron chi connectivity index (χ3n) is 3.01. The van der Waals surface area contributed by atoms with Crippen LogP contribution in [-0.4, -0.2) is 17.7 Å². The highest BCUT2D eigenvalue weighted by Gasteiger charge is 2.17. The standard InChI is InChI=1S/C15H22N2O/c1-5-8-17(11(2)3)15-9-13(10-16)6-7-14(15)12(4)18/h6-7,9,11-12,18H,5,8H2,1-4H3/t12-/m0/s1. The number of rotatable bonds is 5. The van der Waals surface area contributed by atoms with Gasteiger partial charge in [-0.1, -0.05) is 13.0 Å². The van der Waals surface area contributed by atoms with Crippen molar-refractivity contribution in [3.8, 4) is 6.07 Å². The molecular formula is C15H22N2O. The van der Waals surface area contributed by atoms with Gasteiger partial charge < -0.3 is 10.0 Å². The van der Waals surface area contributed by atoms with Gasteiger partial charge in [-0.25, -0.2) is 0 Å². The molecule has 0 amide bonds. The number of benzene rings is 1. The van der Waals surface area contributed by atoms with Crippen LogP contribution >= 0.6 is 0 Å². The maximum absolute atomic E-state index is 9.86. The monoisotopic (exact) mass is 246 g/mol. The molecule has 0 bridgehead atoms. The number of hydrogen-bond acceptors (Lipinski definition) is 3. The van der Waals surface area contributed by atoms with Crippen molar-refractivity contribution >= 4 is 5.69 Å². The second-order valence-electron chi connectivity index (χ2n) is 4.85. The quantitative estimate of drug-likeness (QED) is 0.867. The largest absolute Gasteiger partial charge is 0.389 e. The Bertz CT molecular complexity index is 433. The van der Waals surface area contributed by atoms with Gasteiger partial charge in [-0.3, -0.25) is 0 Å². The van der Waals surface area contributed by atoms with E-state index >= 15 is 0 Å². The molecule has 1 aromatic carbocycles. The molecular weight excluding hydrogens is 224 g/mol. The lowest BCUT2D eigenvalue weighted by Crippen LogP contribution is -2.32. The predicted molar refractivity (Wildman–Crippen MR) is 74.6 cm³/mol. The molecule has 18 heavy (non-hydrogen) atoms. The summed E-state index contributed by atoms with van der Waals surface area (Å²) in [7, 11) is 0. The van der Waals surface area contributed by atoms with Crippen LogP contribution < -0.4 is 4.90 Å². The van der Waals surface area contributed by atoms with Gasteiger partial charge >= 0.3 is 0 Å². The van der Waals surface area contributed by atoms with Crippen LogP contribution in [-0.2, 0) is 0 Å². The Kier molecular flexibility index (Phi) is 5.18. The molecule has 0 aliphatic heterocycles. The van der Waals surface area contributed by atoms with Crippen molar-refractivity contribution < 1.29 is 5.11 Å². The van der Waals surface area contributed by atoms with E-state index in [2.05, 4.69) is 31.7 Å². The molecule has 0 spiro atoms. The SMILES string of the molecule is CCCN(c1cc(C#N)ccc1[C@H](C)O)C(C)C. The molecule has 0 fully saturated rings. The van der Waals surface area contributed by atoms with Crippen molar-refractivity contribution in [1.29, 1.82) is 5.26 Å². The van der Waals surface area contributed by atoms with Gasteiger partial charge in [0.05, 0.1) is 17.7 Å². The summed E-state index contributed by atoms with van der Waals surface area (Å²) in [5.74, 6) is 0. The average Bonchev–Trinajstić information content (AvgIpc) is 2.34. The Morgan fingerprint density at radius 1 is 1.33 bits per heavy atom. The Balaban J connectivity index is 3.28. The highest BCUT2D eigenvalue weighted by atomic mass is 16.3. The van der Waals surface area contributed by atoms with Gasteiger partial charge in [-0.2, -0.15) is 5.26 Å². The fourth-order valence-electron chi connectivity index (χ4n) is 2.11. The van der Waals surface area contributed by atoms with Gasteiger partial charge in [0.25, 0.3) is 0 Å². The maximum atomic E-state index is 9.86. The minimum Gasteiger partial charge on any atom is -0.389 e. The molecule has 98 valence electrons. The first kappa shape index (κ1) is 14.5. The number of nitrogens with zero attached hydrogens (tertiary/aromatic N) is 2. The van der Waals surface area contributed by atoms with E-state index in [-0.39, 0.29) is 0 Å². The van der Waals surface area contributed by atoms with E-state index in [1.54, 1.807) is 13.0 Å². The van der Waals surface area contributed by atoms with Crippen molar-refractivity contribution in [3.05, 3.63) is 29.3 Å². The number of aliphatic hydroxyl groups excluding tert-OH is 1. The molecule has 1 atom stereocenters. The third-order valence-corrected chi connectivity index (χ3v) is 3.01. The zero-order valence-electron chi connectivity index (χ0n) is 11.6. The normalized spacial score (nSPS) is 12.3. The first-order valence-electron chi connectivity index (χ1n) is 6.50. The van der Waals surface area contributed by atoms with Gasteiger partial charge in [-0.15, -0.1) is 0 Å². The molecule has 0 unspecified atom stereocenters. The highest BCUT2D eigenvalue weighted by Crippen LogP contribution is 2.29. The average molecular weight is 246 g/mol. The number of aliphatic hydroxyl groups is 1. The topological polar surface area (TPSA) is 47.3 Å². The second-order valence-corrected chi connectivity index (χ2v) is 4.85. The van der Waals surface area contributed by atoms with Crippen LogP contribution in [0.25, 0.3) is 0 Å². The molecule has 1 aromatic rings. The molecule has 0 aliphatic rings. The van der Waals surface area contributed by atoms with Crippen LogP contribution in [0.4, 0.5) is 5.69 Å². The third kappa shape index (κ3) is 3.24. The van der Waals surface area contributed by atoms with Crippen molar-refractivity contribution in [2.45, 2.75) is 46.3 Å². The van der Waals surface area contributed by atoms with Crippen LogP contribution in [0, 0.1) is 11.3 Å². The summed E-state index contributed by atoms with van der Waals surface area (Å²) in [6.45, 7) is 9.06. The zero-order valence-corrected chi connectivity index (χ0v) is 11.6. The van der Waals surface area contributed by atoms with E-state index in [4.69, 9.17) is 5.26 Å². The first-order chi connectivity index (χ1) is 8.51. The predicted octanol–water partition coefficient (Wildman–Crippen LogP) is 3.24. The molecule has 3 nitrogen and oxygen atoms in total. The van der Waals surface area contributed by atoms with Crippen LogP contribution in [0.3, 0.4) is 0 Å². The van der Waals surface area contributed by atoms with Gasteiger partial charge in [-0.05, 0) is 39.3 Å². The van der Waals surface area contributed by atoms with Crippen molar-refractivity contribution in [1.82, 2.24) is 0 Å². The summed E-state index contributed by atoms with van der Waals surface area (Å²) in [4.78, 5) is 2.24. The summed E-state index contributed by atoms with van der Waals surface area (Å²) >= 11 is 0. The van der Waals surface area contributed by atoms with Crippen LogP contribution in [0.2, 0.25) is 0 Å². The molecule has 0 aromatic heterocycles. The Hall–Kier alpha value is -1.53. The van der Waals surface area contributed by atoms with Gasteiger partial charge in [0, 0.05) is 23.8 Å². The Labute approximate surface area is 110 Å². The second kappa shape index (κ2) is 6.42. The molecule has 0 saturated carbocycles. The minimum atomic E-state index is -0.522. The van der Waals surface area contributed by atoms with Crippen LogP contribution in [0.5, 0.6) is 0 Å². The van der Waals surface area contributed by atoms with E-state index in [1.807, 2.05) is 12.1 Å². The number of anilines is 1. The van der Waals surface area contributed by atoms with Gasteiger partial charge in [0.2, 0.25) is 0 Å². The van der Waals surface area contributed by atoms with Crippen molar-refractivity contribution in [2.24, 2.45) is 0 Å². The summed E-state index contributed by atoms with van der Waals surface area (Å²) in [5, 5.41) is 18.9. The molecule has 0 aliphatic carbocycles. The van der Waals surface area contributed by atoms with E-state index in [0.29, 0.717) is 11.6 Å². The summed E-state index contributed by atoms with van der Waals surface area (Å²) in [5.41, 5.74) is 2.49. The molecule has 1 N–H and O–H groups in total. The van der Waals surface area contributed by atoms with Crippen molar-refractivity contribution in [2.75, 3.05) is 11.4 Å². The fourth-order valence-corrected chi connectivity index (χ4v) is 2.11. The lowest BCUT2D eigenvalue weighted by Gasteiger charge is -2.31. The van der Waals surface area contributed by atoms with Crippen LogP contribution in [0.1, 0.15) is 51.3 Å². The Morgan fingerprint density at radius 3 is 2.44 bits per heavy atom. The molecule has 3 heteroatoms. The fraction of sp³-hybridized carbons (Fsp3) is 0.533. The zero-order chi connectivity index (χ0) is 13.7. The molecule has 1 rings (SSSR count). The van der Waals surface area contributed by atoms with Gasteiger partial charge in [0.1, 0.15) is 0 Å². The summed E-state index contributed by atoms with van der Waals surface area (Å²) in [6, 6.07) is 7.99.